The van der Waals surface area contributed by atoms with Crippen LogP contribution in [0.3, 0.4) is 0 Å². The van der Waals surface area contributed by atoms with Gasteiger partial charge in [-0.05, 0) is 31.0 Å². The lowest BCUT2D eigenvalue weighted by Gasteiger charge is -2.22. The normalized spacial score (nSPS) is 10.0. The van der Waals surface area contributed by atoms with Crippen molar-refractivity contribution >= 4 is 24.0 Å². The first-order chi connectivity index (χ1) is 12.6. The summed E-state index contributed by atoms with van der Waals surface area (Å²) in [4.78, 5) is 25.1. The van der Waals surface area contributed by atoms with Crippen LogP contribution in [0, 0.1) is 10.1 Å². The highest BCUT2D eigenvalue weighted by molar-refractivity contribution is 5.95. The maximum absolute atomic E-state index is 12.8. The Morgan fingerprint density at radius 2 is 1.89 bits per heavy atom. The van der Waals surface area contributed by atoms with Crippen LogP contribution in [0.25, 0.3) is 0 Å². The molecular formula is C19H24ClN3O4. The van der Waals surface area contributed by atoms with E-state index in [9.17, 15) is 14.9 Å². The van der Waals surface area contributed by atoms with Crippen LogP contribution in [0.15, 0.2) is 48.5 Å². The van der Waals surface area contributed by atoms with E-state index in [2.05, 4.69) is 0 Å². The maximum atomic E-state index is 12.8. The fourth-order valence-corrected chi connectivity index (χ4v) is 2.63. The van der Waals surface area contributed by atoms with Crippen LogP contribution in [0.2, 0.25) is 0 Å². The molecule has 0 atom stereocenters. The van der Waals surface area contributed by atoms with Crippen molar-refractivity contribution < 1.29 is 14.5 Å². The number of amides is 1. The molecule has 8 heteroatoms. The fraction of sp³-hybridized carbons (Fsp3) is 0.316. The molecule has 7 nitrogen and oxygen atoms in total. The Bertz CT molecular complexity index is 756. The average molecular weight is 394 g/mol. The van der Waals surface area contributed by atoms with E-state index < -0.39 is 4.92 Å². The number of nitrogens with two attached hydrogens (primary N) is 1. The van der Waals surface area contributed by atoms with Crippen LogP contribution < -0.4 is 10.5 Å². The van der Waals surface area contributed by atoms with Gasteiger partial charge in [-0.3, -0.25) is 14.9 Å². The predicted octanol–water partition coefficient (Wildman–Crippen LogP) is 3.06. The summed E-state index contributed by atoms with van der Waals surface area (Å²) in [6.07, 6.45) is 0.686. The van der Waals surface area contributed by atoms with Gasteiger partial charge in [0.25, 0.3) is 5.91 Å². The molecule has 0 saturated carbocycles. The lowest BCUT2D eigenvalue weighted by molar-refractivity contribution is -0.385. The molecule has 2 N–H and O–H groups in total. The molecule has 2 rings (SSSR count). The molecule has 146 valence electrons. The minimum Gasteiger partial charge on any atom is -0.487 e. The van der Waals surface area contributed by atoms with Gasteiger partial charge in [-0.1, -0.05) is 30.3 Å². The Morgan fingerprint density at radius 3 is 2.48 bits per heavy atom. The molecular weight excluding hydrogens is 370 g/mol. The summed E-state index contributed by atoms with van der Waals surface area (Å²) in [5.74, 6) is -0.124. The van der Waals surface area contributed by atoms with Crippen molar-refractivity contribution in [1.82, 2.24) is 4.90 Å². The third kappa shape index (κ3) is 6.23. The van der Waals surface area contributed by atoms with E-state index in [1.165, 1.54) is 12.1 Å². The number of nitro groups is 1. The molecule has 0 aliphatic rings. The van der Waals surface area contributed by atoms with E-state index in [0.717, 1.165) is 5.56 Å². The quantitative estimate of drug-likeness (QED) is 0.521. The van der Waals surface area contributed by atoms with Crippen molar-refractivity contribution in [3.8, 4) is 5.75 Å². The van der Waals surface area contributed by atoms with Crippen molar-refractivity contribution in [2.24, 2.45) is 5.73 Å². The number of carbonyl (C=O) groups is 1. The SMILES string of the molecule is CCOc1ccc(C(=O)N(CCN)CCc2ccccc2)cc1[N+](=O)[O-].Cl. The van der Waals surface area contributed by atoms with Crippen LogP contribution in [0.1, 0.15) is 22.8 Å². The van der Waals surface area contributed by atoms with Gasteiger partial charge in [-0.25, -0.2) is 0 Å². The molecule has 0 saturated heterocycles. The Kier molecular flexibility index (Phi) is 9.25. The highest BCUT2D eigenvalue weighted by Crippen LogP contribution is 2.28. The van der Waals surface area contributed by atoms with Crippen LogP contribution in [0.4, 0.5) is 5.69 Å². The van der Waals surface area contributed by atoms with Crippen molar-refractivity contribution in [3.05, 3.63) is 69.8 Å². The number of carbonyl (C=O) groups excluding carboxylic acids is 1. The van der Waals surface area contributed by atoms with Crippen LogP contribution in [-0.4, -0.2) is 42.0 Å². The average Bonchev–Trinajstić information content (AvgIpc) is 2.66. The minimum absolute atomic E-state index is 0. The minimum atomic E-state index is -0.543. The van der Waals surface area contributed by atoms with Gasteiger partial charge in [0, 0.05) is 31.3 Å². The van der Waals surface area contributed by atoms with Gasteiger partial charge in [-0.2, -0.15) is 0 Å². The summed E-state index contributed by atoms with van der Waals surface area (Å²) < 4.78 is 5.26. The van der Waals surface area contributed by atoms with Crippen LogP contribution in [-0.2, 0) is 6.42 Å². The molecule has 0 radical (unpaired) electrons. The van der Waals surface area contributed by atoms with E-state index in [1.54, 1.807) is 17.9 Å². The topological polar surface area (TPSA) is 98.7 Å². The number of rotatable bonds is 9. The Hall–Kier alpha value is -2.64. The lowest BCUT2D eigenvalue weighted by Crippen LogP contribution is -2.37. The zero-order chi connectivity index (χ0) is 18.9. The first-order valence-corrected chi connectivity index (χ1v) is 8.51. The summed E-state index contributed by atoms with van der Waals surface area (Å²) in [6.45, 7) is 3.24. The molecule has 0 fully saturated rings. The second kappa shape index (κ2) is 11.2. The van der Waals surface area contributed by atoms with E-state index in [1.807, 2.05) is 30.3 Å². The maximum Gasteiger partial charge on any atom is 0.311 e. The van der Waals surface area contributed by atoms with E-state index >= 15 is 0 Å². The molecule has 0 aliphatic heterocycles. The molecule has 0 aromatic heterocycles. The molecule has 1 amide bonds. The first kappa shape index (κ1) is 22.4. The van der Waals surface area contributed by atoms with Gasteiger partial charge in [-0.15, -0.1) is 12.4 Å². The number of halogens is 1. The van der Waals surface area contributed by atoms with Crippen LogP contribution >= 0.6 is 12.4 Å². The molecule has 0 bridgehead atoms. The number of hydrogen-bond donors (Lipinski definition) is 1. The van der Waals surface area contributed by atoms with E-state index in [0.29, 0.717) is 32.7 Å². The number of ether oxygens (including phenoxy) is 1. The largest absolute Gasteiger partial charge is 0.487 e. The fourth-order valence-electron chi connectivity index (χ4n) is 2.63. The summed E-state index contributed by atoms with van der Waals surface area (Å²) in [6, 6.07) is 14.1. The van der Waals surface area contributed by atoms with Gasteiger partial charge < -0.3 is 15.4 Å². The van der Waals surface area contributed by atoms with Gasteiger partial charge in [0.15, 0.2) is 5.75 Å². The molecule has 2 aromatic carbocycles. The zero-order valence-corrected chi connectivity index (χ0v) is 16.0. The highest BCUT2D eigenvalue weighted by atomic mass is 35.5. The zero-order valence-electron chi connectivity index (χ0n) is 15.2. The second-order valence-electron chi connectivity index (χ2n) is 5.69. The number of hydrogen-bond acceptors (Lipinski definition) is 5. The van der Waals surface area contributed by atoms with Gasteiger partial charge in [0.2, 0.25) is 0 Å². The Morgan fingerprint density at radius 1 is 1.19 bits per heavy atom. The predicted molar refractivity (Wildman–Crippen MR) is 107 cm³/mol. The third-order valence-corrected chi connectivity index (χ3v) is 3.90. The molecule has 2 aromatic rings. The molecule has 27 heavy (non-hydrogen) atoms. The number of benzene rings is 2. The third-order valence-electron chi connectivity index (χ3n) is 3.90. The summed E-state index contributed by atoms with van der Waals surface area (Å²) in [7, 11) is 0. The Labute approximate surface area is 164 Å². The monoisotopic (exact) mass is 393 g/mol. The van der Waals surface area contributed by atoms with E-state index in [4.69, 9.17) is 10.5 Å². The molecule has 0 spiro atoms. The second-order valence-corrected chi connectivity index (χ2v) is 5.69. The van der Waals surface area contributed by atoms with Crippen LogP contribution in [0.5, 0.6) is 5.75 Å². The summed E-state index contributed by atoms with van der Waals surface area (Å²) in [5.41, 5.74) is 6.78. The summed E-state index contributed by atoms with van der Waals surface area (Å²) >= 11 is 0. The van der Waals surface area contributed by atoms with Gasteiger partial charge in [0.05, 0.1) is 11.5 Å². The standard InChI is InChI=1S/C19H23N3O4.ClH/c1-2-26-18-9-8-16(14-17(18)22(24)25)19(23)21(13-11-20)12-10-15-6-4-3-5-7-15;/h3-9,14H,2,10-13,20H2,1H3;1H. The lowest BCUT2D eigenvalue weighted by atomic mass is 10.1. The van der Waals surface area contributed by atoms with Crippen molar-refractivity contribution in [2.75, 3.05) is 26.2 Å². The highest BCUT2D eigenvalue weighted by Gasteiger charge is 2.21. The molecule has 0 aliphatic carbocycles. The van der Waals surface area contributed by atoms with Gasteiger partial charge in [0.1, 0.15) is 0 Å². The Balaban J connectivity index is 0.00000364. The van der Waals surface area contributed by atoms with Gasteiger partial charge >= 0.3 is 5.69 Å². The first-order valence-electron chi connectivity index (χ1n) is 8.51. The summed E-state index contributed by atoms with van der Waals surface area (Å²) in [5, 5.41) is 11.3. The number of nitro benzene ring substituents is 1. The van der Waals surface area contributed by atoms with Crippen molar-refractivity contribution in [3.63, 3.8) is 0 Å². The van der Waals surface area contributed by atoms with Crippen molar-refractivity contribution in [1.29, 1.82) is 0 Å². The smallest absolute Gasteiger partial charge is 0.311 e. The van der Waals surface area contributed by atoms with Crippen molar-refractivity contribution in [2.45, 2.75) is 13.3 Å². The number of nitrogens with zero attached hydrogens (tertiary/aromatic N) is 2. The molecule has 0 unspecified atom stereocenters. The van der Waals surface area contributed by atoms with E-state index in [-0.39, 0.29) is 35.3 Å². The molecule has 0 heterocycles.